The molecule has 27 heavy (non-hydrogen) atoms. The summed E-state index contributed by atoms with van der Waals surface area (Å²) in [6, 6.07) is 8.56. The smallest absolute Gasteiger partial charge is 0.123 e. The van der Waals surface area contributed by atoms with Crippen LogP contribution in [-0.2, 0) is 6.42 Å². The van der Waals surface area contributed by atoms with Gasteiger partial charge >= 0.3 is 0 Å². The molecule has 0 amide bonds. The average Bonchev–Trinajstić information content (AvgIpc) is 2.61. The molecule has 0 saturated carbocycles. The van der Waals surface area contributed by atoms with Crippen LogP contribution in [0.3, 0.4) is 0 Å². The molecular formula is C26H44O. The molecule has 1 heteroatoms. The number of hydrogen-bond acceptors (Lipinski definition) is 1. The largest absolute Gasteiger partial charge is 0.487 e. The van der Waals surface area contributed by atoms with Crippen molar-refractivity contribution in [1.82, 2.24) is 0 Å². The van der Waals surface area contributed by atoms with Crippen LogP contribution in [0.5, 0.6) is 5.75 Å². The fourth-order valence-electron chi connectivity index (χ4n) is 4.27. The minimum Gasteiger partial charge on any atom is -0.487 e. The Morgan fingerprint density at radius 1 is 0.815 bits per heavy atom. The number of unbranched alkanes of at least 4 members (excludes halogenated alkanes) is 9. The zero-order valence-corrected chi connectivity index (χ0v) is 18.6. The van der Waals surface area contributed by atoms with E-state index in [2.05, 4.69) is 52.0 Å². The fraction of sp³-hybridized carbons (Fsp3) is 0.769. The van der Waals surface area contributed by atoms with Crippen LogP contribution in [0.15, 0.2) is 24.3 Å². The molecule has 1 aliphatic rings. The summed E-state index contributed by atoms with van der Waals surface area (Å²) in [6.07, 6.45) is 19.0. The van der Waals surface area contributed by atoms with Gasteiger partial charge in [0.2, 0.25) is 0 Å². The van der Waals surface area contributed by atoms with Crippen LogP contribution in [0.2, 0.25) is 0 Å². The Labute approximate surface area is 169 Å². The van der Waals surface area contributed by atoms with Gasteiger partial charge in [-0.3, -0.25) is 0 Å². The zero-order chi connectivity index (χ0) is 19.6. The van der Waals surface area contributed by atoms with Gasteiger partial charge in [0.1, 0.15) is 11.4 Å². The highest BCUT2D eigenvalue weighted by Gasteiger charge is 2.30. The fourth-order valence-corrected chi connectivity index (χ4v) is 4.27. The number of hydrogen-bond donors (Lipinski definition) is 0. The molecule has 0 spiro atoms. The molecular weight excluding hydrogens is 328 g/mol. The van der Waals surface area contributed by atoms with Crippen LogP contribution < -0.4 is 4.74 Å². The summed E-state index contributed by atoms with van der Waals surface area (Å²) in [5.41, 5.74) is 1.96. The van der Waals surface area contributed by atoms with E-state index in [4.69, 9.17) is 4.74 Å². The Kier molecular flexibility index (Phi) is 9.19. The number of aryl methyl sites for hydroxylation is 1. The molecule has 1 atom stereocenters. The Bertz CT molecular complexity index is 527. The van der Waals surface area contributed by atoms with E-state index in [0.717, 1.165) is 5.75 Å². The number of rotatable bonds is 12. The Morgan fingerprint density at radius 3 is 2.00 bits per heavy atom. The van der Waals surface area contributed by atoms with Crippen molar-refractivity contribution in [3.8, 4) is 5.75 Å². The van der Waals surface area contributed by atoms with Crippen molar-refractivity contribution in [2.24, 2.45) is 5.41 Å². The molecule has 0 saturated heterocycles. The quantitative estimate of drug-likeness (QED) is 0.334. The van der Waals surface area contributed by atoms with E-state index in [-0.39, 0.29) is 5.60 Å². The first kappa shape index (κ1) is 22.3. The first-order chi connectivity index (χ1) is 12.9. The lowest BCUT2D eigenvalue weighted by Crippen LogP contribution is -2.36. The third-order valence-electron chi connectivity index (χ3n) is 6.13. The van der Waals surface area contributed by atoms with Gasteiger partial charge in [0, 0.05) is 0 Å². The van der Waals surface area contributed by atoms with E-state index in [0.29, 0.717) is 5.41 Å². The molecule has 2 rings (SSSR count). The second kappa shape index (κ2) is 11.1. The predicted octanol–water partition coefficient (Wildman–Crippen LogP) is 8.50. The van der Waals surface area contributed by atoms with Gasteiger partial charge in [-0.05, 0) is 56.1 Å². The summed E-state index contributed by atoms with van der Waals surface area (Å²) in [5.74, 6) is 1.12. The van der Waals surface area contributed by atoms with Crippen LogP contribution >= 0.6 is 0 Å². The van der Waals surface area contributed by atoms with Gasteiger partial charge < -0.3 is 4.74 Å². The van der Waals surface area contributed by atoms with E-state index in [1.807, 2.05) is 0 Å². The maximum atomic E-state index is 6.33. The molecule has 154 valence electrons. The van der Waals surface area contributed by atoms with Crippen LogP contribution in [-0.4, -0.2) is 5.60 Å². The summed E-state index contributed by atoms with van der Waals surface area (Å²) in [6.45, 7) is 9.37. The third kappa shape index (κ3) is 9.17. The van der Waals surface area contributed by atoms with Crippen LogP contribution in [0, 0.1) is 5.41 Å². The molecule has 0 N–H and O–H groups in total. The van der Waals surface area contributed by atoms with Gasteiger partial charge in [-0.25, -0.2) is 0 Å². The highest BCUT2D eigenvalue weighted by molar-refractivity contribution is 5.35. The molecule has 1 aromatic rings. The summed E-state index contributed by atoms with van der Waals surface area (Å²) < 4.78 is 6.33. The molecule has 0 aromatic heterocycles. The van der Waals surface area contributed by atoms with Crippen molar-refractivity contribution in [1.29, 1.82) is 0 Å². The van der Waals surface area contributed by atoms with Gasteiger partial charge in [0.15, 0.2) is 0 Å². The number of para-hydroxylation sites is 1. The lowest BCUT2D eigenvalue weighted by molar-refractivity contribution is 0.0535. The maximum absolute atomic E-state index is 6.33. The van der Waals surface area contributed by atoms with Crippen molar-refractivity contribution in [3.63, 3.8) is 0 Å². The molecule has 0 aliphatic carbocycles. The minimum absolute atomic E-state index is 0.0570. The molecule has 1 nitrogen and oxygen atoms in total. The molecule has 0 fully saturated rings. The van der Waals surface area contributed by atoms with E-state index in [1.165, 1.54) is 95.5 Å². The van der Waals surface area contributed by atoms with Gasteiger partial charge in [0.25, 0.3) is 0 Å². The SMILES string of the molecule is CC(C)(C)CCCCCCCCCCCCC1(C)CCc2ccccc2O1. The Hall–Kier alpha value is -0.980. The van der Waals surface area contributed by atoms with Crippen molar-refractivity contribution in [3.05, 3.63) is 29.8 Å². The molecule has 1 unspecified atom stereocenters. The van der Waals surface area contributed by atoms with Gasteiger partial charge in [-0.2, -0.15) is 0 Å². The molecule has 0 bridgehead atoms. The van der Waals surface area contributed by atoms with Crippen LogP contribution in [0.25, 0.3) is 0 Å². The highest BCUT2D eigenvalue weighted by atomic mass is 16.5. The van der Waals surface area contributed by atoms with Gasteiger partial charge in [-0.1, -0.05) is 96.8 Å². The molecule has 1 aromatic carbocycles. The molecule has 1 heterocycles. The second-order valence-corrected chi connectivity index (χ2v) is 10.3. The predicted molar refractivity (Wildman–Crippen MR) is 119 cm³/mol. The topological polar surface area (TPSA) is 9.23 Å². The summed E-state index contributed by atoms with van der Waals surface area (Å²) in [7, 11) is 0. The first-order valence-electron chi connectivity index (χ1n) is 11.6. The third-order valence-corrected chi connectivity index (χ3v) is 6.13. The van der Waals surface area contributed by atoms with E-state index >= 15 is 0 Å². The minimum atomic E-state index is 0.0570. The first-order valence-corrected chi connectivity index (χ1v) is 11.6. The van der Waals surface area contributed by atoms with Crippen molar-refractivity contribution < 1.29 is 4.74 Å². The maximum Gasteiger partial charge on any atom is 0.123 e. The average molecular weight is 373 g/mol. The van der Waals surface area contributed by atoms with Gasteiger partial charge in [-0.15, -0.1) is 0 Å². The second-order valence-electron chi connectivity index (χ2n) is 10.3. The Balaban J connectivity index is 1.43. The number of ether oxygens (including phenoxy) is 1. The monoisotopic (exact) mass is 372 g/mol. The molecule has 0 radical (unpaired) electrons. The van der Waals surface area contributed by atoms with Crippen molar-refractivity contribution >= 4 is 0 Å². The summed E-state index contributed by atoms with van der Waals surface area (Å²) in [4.78, 5) is 0. The van der Waals surface area contributed by atoms with E-state index < -0.39 is 0 Å². The summed E-state index contributed by atoms with van der Waals surface area (Å²) in [5, 5.41) is 0. The standard InChI is InChI=1S/C26H44O/c1-25(2,3)20-15-11-9-7-5-6-8-10-12-16-21-26(4)22-19-23-17-13-14-18-24(23)27-26/h13-14,17-18H,5-12,15-16,19-22H2,1-4H3. The zero-order valence-electron chi connectivity index (χ0n) is 18.6. The van der Waals surface area contributed by atoms with Crippen LogP contribution in [0.1, 0.15) is 117 Å². The Morgan fingerprint density at radius 2 is 1.37 bits per heavy atom. The number of fused-ring (bicyclic) bond motifs is 1. The van der Waals surface area contributed by atoms with Crippen molar-refractivity contribution in [2.45, 2.75) is 123 Å². The lowest BCUT2D eigenvalue weighted by atomic mass is 9.88. The normalized spacial score (nSPS) is 19.6. The van der Waals surface area contributed by atoms with E-state index in [9.17, 15) is 0 Å². The van der Waals surface area contributed by atoms with Crippen molar-refractivity contribution in [2.75, 3.05) is 0 Å². The van der Waals surface area contributed by atoms with E-state index in [1.54, 1.807) is 0 Å². The van der Waals surface area contributed by atoms with Gasteiger partial charge in [0.05, 0.1) is 0 Å². The number of benzene rings is 1. The summed E-state index contributed by atoms with van der Waals surface area (Å²) >= 11 is 0. The lowest BCUT2D eigenvalue weighted by Gasteiger charge is -2.36. The highest BCUT2D eigenvalue weighted by Crippen LogP contribution is 2.35. The molecule has 1 aliphatic heterocycles. The van der Waals surface area contributed by atoms with Crippen LogP contribution in [0.4, 0.5) is 0 Å².